The molecule has 6 heteroatoms. The Morgan fingerprint density at radius 3 is 2.36 bits per heavy atom. The van der Waals surface area contributed by atoms with Crippen LogP contribution in [0.5, 0.6) is 0 Å². The number of carbonyl (C=O) groups excluding carboxylic acids is 1. The molecule has 0 saturated heterocycles. The average molecular weight is 313 g/mol. The molecule has 0 radical (unpaired) electrons. The molecule has 1 fully saturated rings. The number of rotatable bonds is 8. The fourth-order valence-electron chi connectivity index (χ4n) is 3.34. The van der Waals surface area contributed by atoms with Crippen molar-refractivity contribution in [1.82, 2.24) is 5.32 Å². The van der Waals surface area contributed by atoms with E-state index in [0.717, 1.165) is 12.8 Å². The molecule has 1 rings (SSSR count). The summed E-state index contributed by atoms with van der Waals surface area (Å²) in [6.07, 6.45) is 3.16. The van der Waals surface area contributed by atoms with E-state index in [4.69, 9.17) is 5.11 Å². The third kappa shape index (κ3) is 4.71. The molecule has 6 nitrogen and oxygen atoms in total. The van der Waals surface area contributed by atoms with Crippen LogP contribution >= 0.6 is 0 Å². The number of nitrogens with one attached hydrogen (secondary N) is 1. The van der Waals surface area contributed by atoms with Crippen LogP contribution in [0, 0.1) is 17.3 Å². The SMILES string of the molecule is CC(=O)NC(C)C(C)CCC[C@@]1(C(=O)O)CC[C@@H](C(=O)O)C1. The van der Waals surface area contributed by atoms with Crippen LogP contribution in [-0.2, 0) is 14.4 Å². The van der Waals surface area contributed by atoms with Gasteiger partial charge in [0, 0.05) is 13.0 Å². The van der Waals surface area contributed by atoms with Crippen molar-refractivity contribution in [1.29, 1.82) is 0 Å². The number of amides is 1. The predicted octanol–water partition coefficient (Wildman–Crippen LogP) is 2.27. The number of carboxylic acid groups (broad SMARTS) is 2. The van der Waals surface area contributed by atoms with Gasteiger partial charge in [-0.3, -0.25) is 14.4 Å². The first kappa shape index (κ1) is 18.5. The Morgan fingerprint density at radius 1 is 1.27 bits per heavy atom. The van der Waals surface area contributed by atoms with Crippen LogP contribution in [0.4, 0.5) is 0 Å². The quantitative estimate of drug-likeness (QED) is 0.638. The number of hydrogen-bond donors (Lipinski definition) is 3. The van der Waals surface area contributed by atoms with Crippen LogP contribution in [0.15, 0.2) is 0 Å². The fourth-order valence-corrected chi connectivity index (χ4v) is 3.34. The molecular weight excluding hydrogens is 286 g/mol. The monoisotopic (exact) mass is 313 g/mol. The molecule has 0 aliphatic heterocycles. The highest BCUT2D eigenvalue weighted by Crippen LogP contribution is 2.46. The van der Waals surface area contributed by atoms with E-state index in [9.17, 15) is 19.5 Å². The molecule has 0 aromatic rings. The van der Waals surface area contributed by atoms with Crippen LogP contribution in [0.1, 0.15) is 59.3 Å². The maximum Gasteiger partial charge on any atom is 0.309 e. The van der Waals surface area contributed by atoms with Crippen LogP contribution < -0.4 is 5.32 Å². The Morgan fingerprint density at radius 2 is 1.91 bits per heavy atom. The number of hydrogen-bond acceptors (Lipinski definition) is 3. The van der Waals surface area contributed by atoms with E-state index in [1.54, 1.807) is 0 Å². The molecular formula is C16H27NO5. The average Bonchev–Trinajstić information content (AvgIpc) is 2.83. The second-order valence-corrected chi connectivity index (χ2v) is 6.72. The standard InChI is InChI=1S/C16H27NO5/c1-10(11(2)17-12(3)18)5-4-7-16(15(21)22)8-6-13(9-16)14(19)20/h10-11,13H,4-9H2,1-3H3,(H,17,18)(H,19,20)(H,21,22)/t10?,11?,13-,16-/m1/s1. The lowest BCUT2D eigenvalue weighted by Gasteiger charge is -2.26. The van der Waals surface area contributed by atoms with Crippen molar-refractivity contribution in [3.05, 3.63) is 0 Å². The van der Waals surface area contributed by atoms with Gasteiger partial charge >= 0.3 is 11.9 Å². The Hall–Kier alpha value is -1.59. The molecule has 1 aliphatic rings. The summed E-state index contributed by atoms with van der Waals surface area (Å²) < 4.78 is 0. The van der Waals surface area contributed by atoms with Crippen LogP contribution in [0.3, 0.4) is 0 Å². The van der Waals surface area contributed by atoms with Gasteiger partial charge in [-0.1, -0.05) is 13.3 Å². The number of carbonyl (C=O) groups is 3. The Labute approximate surface area is 131 Å². The summed E-state index contributed by atoms with van der Waals surface area (Å²) in [4.78, 5) is 33.7. The van der Waals surface area contributed by atoms with Crippen LogP contribution in [-0.4, -0.2) is 34.1 Å². The van der Waals surface area contributed by atoms with Crippen molar-refractivity contribution in [3.8, 4) is 0 Å². The maximum absolute atomic E-state index is 11.6. The maximum atomic E-state index is 11.6. The molecule has 0 bridgehead atoms. The molecule has 4 atom stereocenters. The first-order valence-corrected chi connectivity index (χ1v) is 7.91. The van der Waals surface area contributed by atoms with Crippen LogP contribution in [0.2, 0.25) is 0 Å². The molecule has 3 N–H and O–H groups in total. The van der Waals surface area contributed by atoms with Crippen molar-refractivity contribution in [2.24, 2.45) is 17.3 Å². The Bertz CT molecular complexity index is 436. The lowest BCUT2D eigenvalue weighted by Crippen LogP contribution is -2.35. The fraction of sp³-hybridized carbons (Fsp3) is 0.812. The molecule has 1 amide bonds. The van der Waals surface area contributed by atoms with Gasteiger partial charge in [0.2, 0.25) is 5.91 Å². The molecule has 22 heavy (non-hydrogen) atoms. The summed E-state index contributed by atoms with van der Waals surface area (Å²) in [5, 5.41) is 21.4. The summed E-state index contributed by atoms with van der Waals surface area (Å²) in [5.74, 6) is -2.12. The lowest BCUT2D eigenvalue weighted by molar-refractivity contribution is -0.150. The van der Waals surface area contributed by atoms with Gasteiger partial charge in [-0.15, -0.1) is 0 Å². The van der Waals surface area contributed by atoms with E-state index >= 15 is 0 Å². The van der Waals surface area contributed by atoms with E-state index in [-0.39, 0.29) is 24.3 Å². The first-order chi connectivity index (χ1) is 10.2. The van der Waals surface area contributed by atoms with Crippen molar-refractivity contribution in [3.63, 3.8) is 0 Å². The minimum atomic E-state index is -0.893. The zero-order chi connectivity index (χ0) is 16.9. The molecule has 1 saturated carbocycles. The molecule has 1 aliphatic carbocycles. The summed E-state index contributed by atoms with van der Waals surface area (Å²) in [6.45, 7) is 5.45. The van der Waals surface area contributed by atoms with Crippen LogP contribution in [0.25, 0.3) is 0 Å². The number of aliphatic carboxylic acids is 2. The molecule has 0 aromatic carbocycles. The van der Waals surface area contributed by atoms with E-state index in [0.29, 0.717) is 19.3 Å². The third-order valence-electron chi connectivity index (χ3n) is 5.01. The molecule has 0 spiro atoms. The number of carboxylic acids is 2. The van der Waals surface area contributed by atoms with Gasteiger partial charge in [0.05, 0.1) is 11.3 Å². The second-order valence-electron chi connectivity index (χ2n) is 6.72. The zero-order valence-electron chi connectivity index (χ0n) is 13.6. The topological polar surface area (TPSA) is 104 Å². The minimum absolute atomic E-state index is 0.0497. The molecule has 0 aromatic heterocycles. The van der Waals surface area contributed by atoms with Gasteiger partial charge in [-0.2, -0.15) is 0 Å². The Kier molecular flexibility index (Phi) is 6.38. The van der Waals surface area contributed by atoms with Gasteiger partial charge in [0.1, 0.15) is 0 Å². The van der Waals surface area contributed by atoms with Crippen molar-refractivity contribution in [2.45, 2.75) is 65.3 Å². The van der Waals surface area contributed by atoms with E-state index < -0.39 is 23.3 Å². The van der Waals surface area contributed by atoms with Gasteiger partial charge in [0.15, 0.2) is 0 Å². The third-order valence-corrected chi connectivity index (χ3v) is 5.01. The predicted molar refractivity (Wildman–Crippen MR) is 81.3 cm³/mol. The Balaban J connectivity index is 2.51. The molecule has 0 heterocycles. The smallest absolute Gasteiger partial charge is 0.309 e. The van der Waals surface area contributed by atoms with E-state index in [1.807, 2.05) is 13.8 Å². The van der Waals surface area contributed by atoms with E-state index in [2.05, 4.69) is 5.32 Å². The summed E-state index contributed by atoms with van der Waals surface area (Å²) in [5.41, 5.74) is -0.889. The van der Waals surface area contributed by atoms with Gasteiger partial charge in [-0.05, 0) is 44.9 Å². The van der Waals surface area contributed by atoms with E-state index in [1.165, 1.54) is 6.92 Å². The largest absolute Gasteiger partial charge is 0.481 e. The first-order valence-electron chi connectivity index (χ1n) is 7.91. The summed E-state index contributed by atoms with van der Waals surface area (Å²) in [7, 11) is 0. The highest BCUT2D eigenvalue weighted by Gasteiger charge is 2.47. The van der Waals surface area contributed by atoms with Gasteiger partial charge in [0.25, 0.3) is 0 Å². The highest BCUT2D eigenvalue weighted by atomic mass is 16.4. The minimum Gasteiger partial charge on any atom is -0.481 e. The second kappa shape index (κ2) is 7.61. The van der Waals surface area contributed by atoms with Gasteiger partial charge in [-0.25, -0.2) is 0 Å². The summed E-state index contributed by atoms with van der Waals surface area (Å²) >= 11 is 0. The lowest BCUT2D eigenvalue weighted by atomic mass is 9.79. The van der Waals surface area contributed by atoms with Gasteiger partial charge < -0.3 is 15.5 Å². The molecule has 126 valence electrons. The van der Waals surface area contributed by atoms with Crippen molar-refractivity contribution in [2.75, 3.05) is 0 Å². The van der Waals surface area contributed by atoms with Crippen molar-refractivity contribution < 1.29 is 24.6 Å². The normalized spacial score (nSPS) is 27.1. The zero-order valence-corrected chi connectivity index (χ0v) is 13.6. The molecule has 2 unspecified atom stereocenters. The summed E-state index contributed by atoms with van der Waals surface area (Å²) in [6, 6.07) is 0.0497. The highest BCUT2D eigenvalue weighted by molar-refractivity contribution is 5.78. The van der Waals surface area contributed by atoms with Crippen molar-refractivity contribution >= 4 is 17.8 Å².